The summed E-state index contributed by atoms with van der Waals surface area (Å²) in [6.07, 6.45) is 4.52. The average Bonchev–Trinajstić information content (AvgIpc) is 3.85. The minimum atomic E-state index is -1.90. The van der Waals surface area contributed by atoms with E-state index in [-0.39, 0.29) is 38.0 Å². The predicted octanol–water partition coefficient (Wildman–Crippen LogP) is -2.09. The highest BCUT2D eigenvalue weighted by molar-refractivity contribution is 6.01. The first-order valence-corrected chi connectivity index (χ1v) is 26.0. The van der Waals surface area contributed by atoms with Crippen LogP contribution in [0.15, 0.2) is 24.3 Å². The van der Waals surface area contributed by atoms with Crippen molar-refractivity contribution in [2.45, 2.75) is 197 Å². The minimum absolute atomic E-state index is 0.0296. The lowest BCUT2D eigenvalue weighted by atomic mass is 10.0. The number of primary amides is 3. The van der Waals surface area contributed by atoms with Crippen LogP contribution in [0.2, 0.25) is 0 Å². The highest BCUT2D eigenvalue weighted by atomic mass is 16.4. The van der Waals surface area contributed by atoms with E-state index < -0.39 is 157 Å². The predicted molar refractivity (Wildman–Crippen MR) is 271 cm³/mol. The second-order valence-corrected chi connectivity index (χ2v) is 19.4. The highest BCUT2D eigenvalue weighted by Crippen LogP contribution is 2.21. The molecule has 1 aromatic carbocycles. The van der Waals surface area contributed by atoms with Gasteiger partial charge in [-0.25, -0.2) is 0 Å². The van der Waals surface area contributed by atoms with Crippen LogP contribution in [0, 0.1) is 0 Å². The lowest BCUT2D eigenvalue weighted by Crippen LogP contribution is -2.63. The van der Waals surface area contributed by atoms with Crippen molar-refractivity contribution in [1.82, 2.24) is 42.1 Å². The number of carbonyl (C=O) groups excluding carboxylic acids is 11. The summed E-state index contributed by atoms with van der Waals surface area (Å²) in [7, 11) is 0. The minimum Gasteiger partial charge on any atom is -0.508 e. The van der Waals surface area contributed by atoms with Crippen LogP contribution in [0.3, 0.4) is 0 Å². The zero-order chi connectivity index (χ0) is 56.5. The number of aliphatic hydroxyl groups excluding tert-OH is 1. The standard InChI is InChI=1S/C50H77N11O15/c1-3-4-5-6-7-8-9-10-11-12-13-15-31-43(69)57-35(26-39(52)65)46(72)56-33(24-29-17-19-30(63)20-18-29)44(70)58-34(25-38(51)64)45(71)55-32(21-22-41(67)68)50(76)61-23-14-16-37(61)48(74)59-36(27-40(53)66)47(73)60-42(28(2)62)49(75)54-31/h17-20,28,31-37,42,62-63H,3-16,21-27H2,1-2H3,(H2,51,64)(H2,52,65)(H2,53,66)(H,54,75)(H,55,71)(H,56,72)(H,57,69)(H,58,70)(H,59,74)(H,60,73)(H,67,68)/t28-,31?,32?,33?,34?,35?,36?,37?,42+/m1/s1. The number of aliphatic carboxylic acids is 1. The first-order chi connectivity index (χ1) is 36.0. The third-order valence-electron chi connectivity index (χ3n) is 13.0. The Labute approximate surface area is 440 Å². The number of fused-ring (bicyclic) bond motifs is 1. The maximum absolute atomic E-state index is 14.3. The monoisotopic (exact) mass is 1070 g/mol. The fourth-order valence-electron chi connectivity index (χ4n) is 8.90. The quantitative estimate of drug-likeness (QED) is 0.0494. The lowest BCUT2D eigenvalue weighted by molar-refractivity contribution is -0.144. The zero-order valence-corrected chi connectivity index (χ0v) is 43.3. The van der Waals surface area contributed by atoms with Crippen molar-refractivity contribution in [2.24, 2.45) is 17.2 Å². The fraction of sp³-hybridized carbons (Fsp3) is 0.640. The van der Waals surface area contributed by atoms with Crippen LogP contribution in [0.1, 0.15) is 141 Å². The molecular formula is C50H77N11O15. The first kappa shape index (κ1) is 62.9. The van der Waals surface area contributed by atoms with Crippen LogP contribution in [-0.2, 0) is 64.0 Å². The van der Waals surface area contributed by atoms with E-state index in [4.69, 9.17) is 17.2 Å². The largest absolute Gasteiger partial charge is 0.508 e. The van der Waals surface area contributed by atoms with Crippen molar-refractivity contribution in [1.29, 1.82) is 0 Å². The van der Waals surface area contributed by atoms with E-state index >= 15 is 0 Å². The molecule has 3 rings (SSSR count). The van der Waals surface area contributed by atoms with Gasteiger partial charge in [0, 0.05) is 19.4 Å². The summed E-state index contributed by atoms with van der Waals surface area (Å²) in [4.78, 5) is 163. The number of unbranched alkanes of at least 4 members (excludes halogenated alkanes) is 10. The van der Waals surface area contributed by atoms with Gasteiger partial charge in [-0.3, -0.25) is 57.5 Å². The van der Waals surface area contributed by atoms with Gasteiger partial charge in [-0.05, 0) is 50.3 Å². The van der Waals surface area contributed by atoms with Gasteiger partial charge in [0.1, 0.15) is 54.1 Å². The average molecular weight is 1070 g/mol. The Hall–Kier alpha value is -7.38. The highest BCUT2D eigenvalue weighted by Gasteiger charge is 2.41. The molecule has 76 heavy (non-hydrogen) atoms. The number of phenolic OH excluding ortho intramolecular Hbond substituents is 1. The summed E-state index contributed by atoms with van der Waals surface area (Å²) < 4.78 is 0. The molecule has 11 amide bonds. The van der Waals surface area contributed by atoms with Gasteiger partial charge in [0.15, 0.2) is 0 Å². The fourth-order valence-corrected chi connectivity index (χ4v) is 8.90. The third kappa shape index (κ3) is 21.8. The van der Waals surface area contributed by atoms with E-state index in [9.17, 15) is 72.9 Å². The van der Waals surface area contributed by atoms with Crippen molar-refractivity contribution >= 4 is 70.9 Å². The molecule has 0 bridgehead atoms. The van der Waals surface area contributed by atoms with Crippen LogP contribution in [0.25, 0.3) is 0 Å². The van der Waals surface area contributed by atoms with Crippen molar-refractivity contribution in [3.63, 3.8) is 0 Å². The van der Waals surface area contributed by atoms with Gasteiger partial charge in [-0.15, -0.1) is 0 Å². The summed E-state index contributed by atoms with van der Waals surface area (Å²) in [5.74, 6) is -13.8. The number of carboxylic acid groups (broad SMARTS) is 1. The molecular weight excluding hydrogens is 995 g/mol. The Kier molecular flexibility index (Phi) is 26.6. The molecule has 422 valence electrons. The molecule has 2 aliphatic heterocycles. The van der Waals surface area contributed by atoms with Crippen LogP contribution < -0.4 is 54.4 Å². The van der Waals surface area contributed by atoms with Crippen molar-refractivity contribution in [3.05, 3.63) is 29.8 Å². The van der Waals surface area contributed by atoms with Crippen LogP contribution in [0.4, 0.5) is 0 Å². The molecule has 1 aromatic rings. The number of benzene rings is 1. The SMILES string of the molecule is CCCCCCCCCCCCCC1NC(=O)[C@H]([C@@H](C)O)NC(=O)C(CC(N)=O)NC(=O)C2CCCN2C(=O)C(CCC(=O)O)NC(=O)C(CC(N)=O)NC(=O)C(Cc2ccc(O)cc2)NC(=O)C(CC(N)=O)NC1=O. The van der Waals surface area contributed by atoms with Gasteiger partial charge in [0.2, 0.25) is 65.0 Å². The number of amides is 11. The van der Waals surface area contributed by atoms with Gasteiger partial charge in [0.05, 0.1) is 25.4 Å². The van der Waals surface area contributed by atoms with Gasteiger partial charge >= 0.3 is 5.97 Å². The number of carbonyl (C=O) groups is 12. The number of aliphatic hydroxyl groups is 1. The summed E-state index contributed by atoms with van der Waals surface area (Å²) in [6.45, 7) is 3.15. The molecule has 0 radical (unpaired) electrons. The van der Waals surface area contributed by atoms with E-state index in [1.54, 1.807) is 0 Å². The van der Waals surface area contributed by atoms with Crippen molar-refractivity contribution in [2.75, 3.05) is 6.54 Å². The Morgan fingerprint density at radius 3 is 1.47 bits per heavy atom. The molecule has 0 aliphatic carbocycles. The first-order valence-electron chi connectivity index (χ1n) is 26.0. The number of nitrogens with zero attached hydrogens (tertiary/aromatic N) is 1. The van der Waals surface area contributed by atoms with Gasteiger partial charge in [0.25, 0.3) is 0 Å². The molecule has 16 N–H and O–H groups in total. The van der Waals surface area contributed by atoms with Crippen molar-refractivity contribution < 1.29 is 72.9 Å². The Morgan fingerprint density at radius 2 is 0.987 bits per heavy atom. The Bertz CT molecular complexity index is 2210. The Morgan fingerprint density at radius 1 is 0.566 bits per heavy atom. The van der Waals surface area contributed by atoms with E-state index in [1.165, 1.54) is 37.1 Å². The Balaban J connectivity index is 2.15. The number of rotatable bonds is 24. The van der Waals surface area contributed by atoms with E-state index in [2.05, 4.69) is 44.1 Å². The number of nitrogens with two attached hydrogens (primary N) is 3. The molecule has 2 aliphatic rings. The number of aromatic hydroxyl groups is 1. The molecule has 0 spiro atoms. The van der Waals surface area contributed by atoms with Gasteiger partial charge in [-0.2, -0.15) is 0 Å². The normalized spacial score (nSPS) is 24.0. The molecule has 0 aromatic heterocycles. The van der Waals surface area contributed by atoms with E-state index in [0.717, 1.165) is 56.8 Å². The second kappa shape index (κ2) is 32.1. The summed E-state index contributed by atoms with van der Waals surface area (Å²) >= 11 is 0. The number of hydrogen-bond acceptors (Lipinski definition) is 14. The third-order valence-corrected chi connectivity index (χ3v) is 13.0. The van der Waals surface area contributed by atoms with Crippen LogP contribution >= 0.6 is 0 Å². The maximum Gasteiger partial charge on any atom is 0.303 e. The maximum atomic E-state index is 14.3. The van der Waals surface area contributed by atoms with Gasteiger partial charge in [-0.1, -0.05) is 89.7 Å². The smallest absolute Gasteiger partial charge is 0.303 e. The molecule has 0 saturated carbocycles. The molecule has 26 nitrogen and oxygen atoms in total. The molecule has 7 unspecified atom stereocenters. The van der Waals surface area contributed by atoms with E-state index in [1.807, 2.05) is 0 Å². The molecule has 2 fully saturated rings. The molecule has 2 saturated heterocycles. The number of hydrogen-bond donors (Lipinski definition) is 13. The van der Waals surface area contributed by atoms with Crippen LogP contribution in [0.5, 0.6) is 5.75 Å². The number of nitrogens with one attached hydrogen (secondary N) is 7. The lowest BCUT2D eigenvalue weighted by Gasteiger charge is -2.31. The molecule has 9 atom stereocenters. The summed E-state index contributed by atoms with van der Waals surface area (Å²) in [5, 5.41) is 47.0. The number of phenols is 1. The zero-order valence-electron chi connectivity index (χ0n) is 43.3. The van der Waals surface area contributed by atoms with Gasteiger partial charge < -0.3 is 74.6 Å². The summed E-state index contributed by atoms with van der Waals surface area (Å²) in [5.41, 5.74) is 16.8. The van der Waals surface area contributed by atoms with Crippen LogP contribution in [-0.4, -0.2) is 152 Å². The summed E-state index contributed by atoms with van der Waals surface area (Å²) in [6, 6.07) is -8.40. The van der Waals surface area contributed by atoms with E-state index in [0.29, 0.717) is 18.4 Å². The topological polar surface area (TPSA) is 431 Å². The molecule has 26 heteroatoms. The molecule has 2 heterocycles. The second-order valence-electron chi connectivity index (χ2n) is 19.4. The number of carboxylic acids is 1. The van der Waals surface area contributed by atoms with Crippen molar-refractivity contribution in [3.8, 4) is 5.75 Å².